The molecule has 3 N–H and O–H groups in total. The summed E-state index contributed by atoms with van der Waals surface area (Å²) in [5.74, 6) is -0.738. The number of rotatable bonds is 6. The molecule has 8 heteroatoms. The van der Waals surface area contributed by atoms with Crippen LogP contribution in [0.25, 0.3) is 0 Å². The molecule has 1 heterocycles. The molecule has 2 rings (SSSR count). The minimum absolute atomic E-state index is 0. The van der Waals surface area contributed by atoms with E-state index in [2.05, 4.69) is 21.2 Å². The van der Waals surface area contributed by atoms with Crippen molar-refractivity contribution >= 4 is 46.1 Å². The van der Waals surface area contributed by atoms with Gasteiger partial charge in [0.2, 0.25) is 5.91 Å². The number of hydrogen-bond acceptors (Lipinski definition) is 4. The minimum atomic E-state index is -0.308. The van der Waals surface area contributed by atoms with Gasteiger partial charge in [-0.15, -0.1) is 12.4 Å². The first-order valence-corrected chi connectivity index (χ1v) is 7.88. The maximum Gasteiger partial charge on any atom is 0.261 e. The van der Waals surface area contributed by atoms with Crippen LogP contribution in [0.4, 0.5) is 0 Å². The Labute approximate surface area is 149 Å². The van der Waals surface area contributed by atoms with E-state index >= 15 is 0 Å². The van der Waals surface area contributed by atoms with Crippen LogP contribution in [0.3, 0.4) is 0 Å². The highest BCUT2D eigenvalue weighted by Gasteiger charge is 2.35. The summed E-state index contributed by atoms with van der Waals surface area (Å²) >= 11 is 3.29. The van der Waals surface area contributed by atoms with Crippen molar-refractivity contribution < 1.29 is 14.4 Å². The molecule has 23 heavy (non-hydrogen) atoms. The van der Waals surface area contributed by atoms with Gasteiger partial charge in [0, 0.05) is 30.0 Å². The van der Waals surface area contributed by atoms with Gasteiger partial charge in [-0.1, -0.05) is 15.9 Å². The van der Waals surface area contributed by atoms with E-state index in [4.69, 9.17) is 5.73 Å². The van der Waals surface area contributed by atoms with Crippen molar-refractivity contribution in [1.82, 2.24) is 10.2 Å². The van der Waals surface area contributed by atoms with Gasteiger partial charge < -0.3 is 11.1 Å². The summed E-state index contributed by atoms with van der Waals surface area (Å²) in [6, 6.07) is 4.93. The molecule has 1 aromatic rings. The molecule has 0 unspecified atom stereocenters. The first-order chi connectivity index (χ1) is 10.4. The van der Waals surface area contributed by atoms with Crippen LogP contribution in [-0.2, 0) is 4.79 Å². The largest absolute Gasteiger partial charge is 0.352 e. The SMILES string of the molecule is C[C@@H](CN)NC(=O)CCCN1C(=O)c2ccc(Br)cc2C1=O.Cl. The molecule has 0 bridgehead atoms. The van der Waals surface area contributed by atoms with Crippen molar-refractivity contribution in [3.63, 3.8) is 0 Å². The summed E-state index contributed by atoms with van der Waals surface area (Å²) in [5.41, 5.74) is 6.24. The molecule has 0 aliphatic carbocycles. The standard InChI is InChI=1S/C15H18BrN3O3.ClH/c1-9(8-17)18-13(20)3-2-6-19-14(21)11-5-4-10(16)7-12(11)15(19)22;/h4-5,7,9H,2-3,6,8,17H2,1H3,(H,18,20);1H/t9-;/m0./s1. The number of nitrogens with zero attached hydrogens (tertiary/aromatic N) is 1. The Kier molecular flexibility index (Phi) is 7.18. The van der Waals surface area contributed by atoms with Gasteiger partial charge >= 0.3 is 0 Å². The minimum Gasteiger partial charge on any atom is -0.352 e. The van der Waals surface area contributed by atoms with Crippen molar-refractivity contribution in [3.05, 3.63) is 33.8 Å². The quantitative estimate of drug-likeness (QED) is 0.706. The number of carbonyl (C=O) groups is 3. The van der Waals surface area contributed by atoms with Crippen molar-refractivity contribution in [2.45, 2.75) is 25.8 Å². The highest BCUT2D eigenvalue weighted by molar-refractivity contribution is 9.10. The normalized spacial score (nSPS) is 14.3. The smallest absolute Gasteiger partial charge is 0.261 e. The van der Waals surface area contributed by atoms with Crippen LogP contribution < -0.4 is 11.1 Å². The Morgan fingerprint density at radius 2 is 1.96 bits per heavy atom. The summed E-state index contributed by atoms with van der Waals surface area (Å²) in [5, 5.41) is 2.74. The number of imide groups is 1. The predicted molar refractivity (Wildman–Crippen MR) is 92.7 cm³/mol. The summed E-state index contributed by atoms with van der Waals surface area (Å²) < 4.78 is 0.754. The predicted octanol–water partition coefficient (Wildman–Crippen LogP) is 1.71. The second-order valence-corrected chi connectivity index (χ2v) is 6.18. The van der Waals surface area contributed by atoms with Gasteiger partial charge in [-0.2, -0.15) is 0 Å². The summed E-state index contributed by atoms with van der Waals surface area (Å²) in [6.45, 7) is 2.42. The fourth-order valence-corrected chi connectivity index (χ4v) is 2.63. The Morgan fingerprint density at radius 1 is 1.30 bits per heavy atom. The number of hydrogen-bond donors (Lipinski definition) is 2. The first kappa shape index (κ1) is 19.6. The molecule has 126 valence electrons. The van der Waals surface area contributed by atoms with E-state index in [9.17, 15) is 14.4 Å². The Balaban J connectivity index is 0.00000264. The summed E-state index contributed by atoms with van der Waals surface area (Å²) in [4.78, 5) is 37.3. The van der Waals surface area contributed by atoms with E-state index in [1.54, 1.807) is 18.2 Å². The molecule has 0 saturated carbocycles. The lowest BCUT2D eigenvalue weighted by Gasteiger charge is -2.14. The van der Waals surface area contributed by atoms with Crippen LogP contribution in [-0.4, -0.2) is 41.8 Å². The van der Waals surface area contributed by atoms with E-state index in [1.165, 1.54) is 4.90 Å². The maximum atomic E-state index is 12.2. The molecular weight excluding hydrogens is 386 g/mol. The molecule has 0 spiro atoms. The summed E-state index contributed by atoms with van der Waals surface area (Å²) in [6.07, 6.45) is 0.678. The van der Waals surface area contributed by atoms with Gasteiger partial charge in [0.1, 0.15) is 0 Å². The zero-order valence-electron chi connectivity index (χ0n) is 12.7. The molecule has 0 saturated heterocycles. The second kappa shape index (κ2) is 8.42. The van der Waals surface area contributed by atoms with Crippen LogP contribution in [0, 0.1) is 0 Å². The third-order valence-electron chi connectivity index (χ3n) is 3.48. The Bertz CT molecular complexity index is 624. The fraction of sp³-hybridized carbons (Fsp3) is 0.400. The molecule has 0 fully saturated rings. The van der Waals surface area contributed by atoms with Gasteiger partial charge in [0.05, 0.1) is 11.1 Å². The maximum absolute atomic E-state index is 12.2. The van der Waals surface area contributed by atoms with Crippen LogP contribution >= 0.6 is 28.3 Å². The topological polar surface area (TPSA) is 92.5 Å². The zero-order valence-corrected chi connectivity index (χ0v) is 15.1. The van der Waals surface area contributed by atoms with Crippen molar-refractivity contribution in [2.75, 3.05) is 13.1 Å². The number of amides is 3. The number of carbonyl (C=O) groups excluding carboxylic acids is 3. The molecule has 6 nitrogen and oxygen atoms in total. The third kappa shape index (κ3) is 4.53. The molecule has 3 amide bonds. The van der Waals surface area contributed by atoms with E-state index in [1.807, 2.05) is 6.92 Å². The number of nitrogens with two attached hydrogens (primary N) is 1. The van der Waals surface area contributed by atoms with Crippen molar-refractivity contribution in [1.29, 1.82) is 0 Å². The van der Waals surface area contributed by atoms with Crippen LogP contribution in [0.1, 0.15) is 40.5 Å². The Morgan fingerprint density at radius 3 is 2.61 bits per heavy atom. The fourth-order valence-electron chi connectivity index (χ4n) is 2.27. The average molecular weight is 405 g/mol. The lowest BCUT2D eigenvalue weighted by molar-refractivity contribution is -0.121. The molecule has 0 radical (unpaired) electrons. The van der Waals surface area contributed by atoms with E-state index in [0.717, 1.165) is 4.47 Å². The molecule has 1 aromatic carbocycles. The monoisotopic (exact) mass is 403 g/mol. The van der Waals surface area contributed by atoms with E-state index in [0.29, 0.717) is 24.1 Å². The van der Waals surface area contributed by atoms with E-state index < -0.39 is 0 Å². The lowest BCUT2D eigenvalue weighted by atomic mass is 10.1. The molecule has 1 aliphatic rings. The van der Waals surface area contributed by atoms with Crippen molar-refractivity contribution in [3.8, 4) is 0 Å². The molecule has 1 atom stereocenters. The number of nitrogens with one attached hydrogen (secondary N) is 1. The van der Waals surface area contributed by atoms with Gasteiger partial charge in [-0.25, -0.2) is 0 Å². The first-order valence-electron chi connectivity index (χ1n) is 7.09. The number of halogens is 2. The van der Waals surface area contributed by atoms with Crippen LogP contribution in [0.5, 0.6) is 0 Å². The zero-order chi connectivity index (χ0) is 16.3. The van der Waals surface area contributed by atoms with Crippen LogP contribution in [0.15, 0.2) is 22.7 Å². The summed E-state index contributed by atoms with van der Waals surface area (Å²) in [7, 11) is 0. The third-order valence-corrected chi connectivity index (χ3v) is 3.97. The second-order valence-electron chi connectivity index (χ2n) is 5.26. The molecular formula is C15H19BrClN3O3. The van der Waals surface area contributed by atoms with Crippen LogP contribution in [0.2, 0.25) is 0 Å². The van der Waals surface area contributed by atoms with Gasteiger partial charge in [0.15, 0.2) is 0 Å². The van der Waals surface area contributed by atoms with Crippen molar-refractivity contribution in [2.24, 2.45) is 5.73 Å². The van der Waals surface area contributed by atoms with E-state index in [-0.39, 0.29) is 49.1 Å². The average Bonchev–Trinajstić information content (AvgIpc) is 2.71. The highest BCUT2D eigenvalue weighted by atomic mass is 79.9. The number of benzene rings is 1. The van der Waals surface area contributed by atoms with Gasteiger partial charge in [-0.05, 0) is 31.5 Å². The van der Waals surface area contributed by atoms with Gasteiger partial charge in [-0.3, -0.25) is 19.3 Å². The molecule has 1 aliphatic heterocycles. The van der Waals surface area contributed by atoms with Gasteiger partial charge in [0.25, 0.3) is 11.8 Å². The Hall–Kier alpha value is -1.44. The highest BCUT2D eigenvalue weighted by Crippen LogP contribution is 2.26. The lowest BCUT2D eigenvalue weighted by Crippen LogP contribution is -2.38. The number of fused-ring (bicyclic) bond motifs is 1. The molecule has 0 aromatic heterocycles.